The van der Waals surface area contributed by atoms with Gasteiger partial charge in [0.1, 0.15) is 5.56 Å². The number of nitrogens with zero attached hydrogens (tertiary/aromatic N) is 2. The van der Waals surface area contributed by atoms with E-state index in [0.29, 0.717) is 30.5 Å². The monoisotopic (exact) mass is 305 g/mol. The molecule has 0 aliphatic heterocycles. The first-order valence-corrected chi connectivity index (χ1v) is 6.53. The van der Waals surface area contributed by atoms with E-state index in [0.717, 1.165) is 0 Å². The van der Waals surface area contributed by atoms with Crippen LogP contribution in [0.1, 0.15) is 10.4 Å². The predicted molar refractivity (Wildman–Crippen MR) is 75.3 cm³/mol. The van der Waals surface area contributed by atoms with Crippen molar-refractivity contribution in [1.82, 2.24) is 0 Å². The van der Waals surface area contributed by atoms with Crippen molar-refractivity contribution >= 4 is 40.5 Å². The molecule has 0 spiro atoms. The van der Waals surface area contributed by atoms with Crippen LogP contribution in [0.5, 0.6) is 0 Å². The number of primary amides is 1. The molecular weight excluding hydrogens is 293 g/mol. The first-order valence-electron chi connectivity index (χ1n) is 5.46. The van der Waals surface area contributed by atoms with Gasteiger partial charge in [-0.05, 0) is 12.1 Å². The molecule has 19 heavy (non-hydrogen) atoms. The van der Waals surface area contributed by atoms with E-state index in [-0.39, 0.29) is 11.3 Å². The Bertz CT molecular complexity index is 476. The van der Waals surface area contributed by atoms with Gasteiger partial charge in [-0.25, -0.2) is 0 Å². The van der Waals surface area contributed by atoms with Crippen LogP contribution in [-0.2, 0) is 0 Å². The van der Waals surface area contributed by atoms with Crippen molar-refractivity contribution in [3.8, 4) is 0 Å². The summed E-state index contributed by atoms with van der Waals surface area (Å²) in [7, 11) is 0. The van der Waals surface area contributed by atoms with E-state index >= 15 is 0 Å². The molecule has 1 rings (SSSR count). The van der Waals surface area contributed by atoms with E-state index in [4.69, 9.17) is 28.9 Å². The number of halogens is 2. The third-order valence-electron chi connectivity index (χ3n) is 2.52. The minimum absolute atomic E-state index is 0.128. The van der Waals surface area contributed by atoms with Crippen molar-refractivity contribution in [1.29, 1.82) is 0 Å². The average molecular weight is 306 g/mol. The normalized spacial score (nSPS) is 10.2. The van der Waals surface area contributed by atoms with Gasteiger partial charge < -0.3 is 10.6 Å². The summed E-state index contributed by atoms with van der Waals surface area (Å²) in [5.41, 5.74) is 5.34. The number of nitro groups is 1. The topological polar surface area (TPSA) is 89.5 Å². The number of amides is 1. The summed E-state index contributed by atoms with van der Waals surface area (Å²) in [6.45, 7) is 1.04. The number of carbonyl (C=O) groups is 1. The Kier molecular flexibility index (Phi) is 5.85. The standard InChI is InChI=1S/C11H13Cl2N3O3/c12-3-5-15(6-4-13)8-1-2-10(16(18)19)9(7-8)11(14)17/h1-2,7H,3-6H2,(H2,14,17). The zero-order chi connectivity index (χ0) is 14.4. The maximum atomic E-state index is 11.3. The highest BCUT2D eigenvalue weighted by atomic mass is 35.5. The largest absolute Gasteiger partial charge is 0.369 e. The fourth-order valence-corrected chi connectivity index (χ4v) is 2.06. The van der Waals surface area contributed by atoms with Crippen molar-refractivity contribution in [2.45, 2.75) is 0 Å². The van der Waals surface area contributed by atoms with Gasteiger partial charge in [0, 0.05) is 36.6 Å². The summed E-state index contributed by atoms with van der Waals surface area (Å²) in [5.74, 6) is -0.0928. The smallest absolute Gasteiger partial charge is 0.282 e. The van der Waals surface area contributed by atoms with Crippen LogP contribution in [0.3, 0.4) is 0 Å². The minimum Gasteiger partial charge on any atom is -0.369 e. The van der Waals surface area contributed by atoms with E-state index in [9.17, 15) is 14.9 Å². The number of anilines is 1. The van der Waals surface area contributed by atoms with Gasteiger partial charge in [0.2, 0.25) is 0 Å². The van der Waals surface area contributed by atoms with Gasteiger partial charge in [0.25, 0.3) is 11.6 Å². The van der Waals surface area contributed by atoms with E-state index in [1.54, 1.807) is 6.07 Å². The van der Waals surface area contributed by atoms with Crippen LogP contribution >= 0.6 is 23.2 Å². The summed E-state index contributed by atoms with van der Waals surface area (Å²) in [6.07, 6.45) is 0. The average Bonchev–Trinajstić information content (AvgIpc) is 2.37. The maximum Gasteiger partial charge on any atom is 0.282 e. The summed E-state index contributed by atoms with van der Waals surface area (Å²) in [5, 5.41) is 10.8. The zero-order valence-corrected chi connectivity index (χ0v) is 11.5. The minimum atomic E-state index is -0.842. The molecule has 0 fully saturated rings. The molecule has 104 valence electrons. The third-order valence-corrected chi connectivity index (χ3v) is 2.85. The number of nitro benzene ring substituents is 1. The van der Waals surface area contributed by atoms with Gasteiger partial charge in [-0.2, -0.15) is 0 Å². The van der Waals surface area contributed by atoms with Gasteiger partial charge in [-0.1, -0.05) is 0 Å². The molecule has 1 amide bonds. The number of benzene rings is 1. The van der Waals surface area contributed by atoms with Crippen LogP contribution < -0.4 is 10.6 Å². The van der Waals surface area contributed by atoms with Crippen molar-refractivity contribution in [3.63, 3.8) is 0 Å². The van der Waals surface area contributed by atoms with Gasteiger partial charge >= 0.3 is 0 Å². The molecule has 1 aromatic carbocycles. The van der Waals surface area contributed by atoms with Gasteiger partial charge in [-0.15, -0.1) is 23.2 Å². The lowest BCUT2D eigenvalue weighted by Gasteiger charge is -2.23. The second-order valence-electron chi connectivity index (χ2n) is 3.69. The highest BCUT2D eigenvalue weighted by Gasteiger charge is 2.20. The van der Waals surface area contributed by atoms with Crippen LogP contribution in [-0.4, -0.2) is 35.7 Å². The molecule has 2 N–H and O–H groups in total. The lowest BCUT2D eigenvalue weighted by atomic mass is 10.1. The van der Waals surface area contributed by atoms with E-state index in [1.807, 2.05) is 4.90 Å². The Morgan fingerprint density at radius 2 is 1.89 bits per heavy atom. The number of carbonyl (C=O) groups excluding carboxylic acids is 1. The summed E-state index contributed by atoms with van der Waals surface area (Å²) >= 11 is 11.4. The quantitative estimate of drug-likeness (QED) is 0.474. The molecule has 0 aliphatic rings. The SMILES string of the molecule is NC(=O)c1cc(N(CCCl)CCCl)ccc1[N+](=O)[O-]. The molecule has 0 heterocycles. The molecule has 0 radical (unpaired) electrons. The first-order chi connectivity index (χ1) is 9.01. The van der Waals surface area contributed by atoms with Gasteiger partial charge in [0.05, 0.1) is 4.92 Å². The molecule has 0 unspecified atom stereocenters. The van der Waals surface area contributed by atoms with Crippen LogP contribution in [0.2, 0.25) is 0 Å². The number of nitrogens with two attached hydrogens (primary N) is 1. The Hall–Kier alpha value is -1.53. The molecular formula is C11H13Cl2N3O3. The lowest BCUT2D eigenvalue weighted by molar-refractivity contribution is -0.385. The van der Waals surface area contributed by atoms with Crippen molar-refractivity contribution in [3.05, 3.63) is 33.9 Å². The zero-order valence-electron chi connectivity index (χ0n) is 10.0. The van der Waals surface area contributed by atoms with E-state index in [1.165, 1.54) is 12.1 Å². The molecule has 8 heteroatoms. The van der Waals surface area contributed by atoms with Crippen LogP contribution in [0.15, 0.2) is 18.2 Å². The Morgan fingerprint density at radius 3 is 2.32 bits per heavy atom. The van der Waals surface area contributed by atoms with Gasteiger partial charge in [-0.3, -0.25) is 14.9 Å². The number of hydrogen-bond donors (Lipinski definition) is 1. The molecule has 0 aromatic heterocycles. The maximum absolute atomic E-state index is 11.3. The van der Waals surface area contributed by atoms with Gasteiger partial charge in [0.15, 0.2) is 0 Å². The first kappa shape index (κ1) is 15.5. The summed E-state index contributed by atoms with van der Waals surface area (Å²) in [4.78, 5) is 23.3. The summed E-state index contributed by atoms with van der Waals surface area (Å²) in [6, 6.07) is 4.19. The van der Waals surface area contributed by atoms with E-state index < -0.39 is 10.8 Å². The summed E-state index contributed by atoms with van der Waals surface area (Å²) < 4.78 is 0. The molecule has 0 saturated heterocycles. The molecule has 1 aromatic rings. The molecule has 0 saturated carbocycles. The van der Waals surface area contributed by atoms with Crippen molar-refractivity contribution < 1.29 is 9.72 Å². The molecule has 0 bridgehead atoms. The predicted octanol–water partition coefficient (Wildman–Crippen LogP) is 1.98. The Labute approximate surface area is 120 Å². The third kappa shape index (κ3) is 3.97. The fourth-order valence-electron chi connectivity index (χ4n) is 1.65. The number of alkyl halides is 2. The molecule has 0 aliphatic carbocycles. The van der Waals surface area contributed by atoms with Crippen LogP contribution in [0, 0.1) is 10.1 Å². The second kappa shape index (κ2) is 7.16. The number of rotatable bonds is 7. The fraction of sp³-hybridized carbons (Fsp3) is 0.364. The Morgan fingerprint density at radius 1 is 1.32 bits per heavy atom. The number of hydrogen-bond acceptors (Lipinski definition) is 4. The van der Waals surface area contributed by atoms with Crippen LogP contribution in [0.4, 0.5) is 11.4 Å². The van der Waals surface area contributed by atoms with Crippen molar-refractivity contribution in [2.75, 3.05) is 29.7 Å². The highest BCUT2D eigenvalue weighted by Crippen LogP contribution is 2.24. The molecule has 0 atom stereocenters. The highest BCUT2D eigenvalue weighted by molar-refractivity contribution is 6.18. The molecule has 6 nitrogen and oxygen atoms in total. The Balaban J connectivity index is 3.19. The van der Waals surface area contributed by atoms with Crippen molar-refractivity contribution in [2.24, 2.45) is 5.73 Å². The van der Waals surface area contributed by atoms with E-state index in [2.05, 4.69) is 0 Å². The lowest BCUT2D eigenvalue weighted by Crippen LogP contribution is -2.28. The van der Waals surface area contributed by atoms with Crippen LogP contribution in [0.25, 0.3) is 0 Å². The second-order valence-corrected chi connectivity index (χ2v) is 4.44.